The molecule has 3 nitrogen and oxygen atoms in total. The van der Waals surface area contributed by atoms with Crippen LogP contribution in [0.2, 0.25) is 0 Å². The van der Waals surface area contributed by atoms with Crippen LogP contribution in [0.15, 0.2) is 0 Å². The van der Waals surface area contributed by atoms with Gasteiger partial charge in [0.25, 0.3) is 0 Å². The van der Waals surface area contributed by atoms with Crippen LogP contribution in [-0.2, 0) is 0 Å². The smallest absolute Gasteiger partial charge is 0.0638 e. The molecule has 0 amide bonds. The maximum Gasteiger partial charge on any atom is 0.0638 e. The Balaban J connectivity index is 2.09. The highest BCUT2D eigenvalue weighted by molar-refractivity contribution is 4.99. The Kier molecular flexibility index (Phi) is 3.75. The van der Waals surface area contributed by atoms with E-state index >= 15 is 0 Å². The van der Waals surface area contributed by atoms with E-state index in [1.807, 2.05) is 0 Å². The molecule has 0 aromatic rings. The van der Waals surface area contributed by atoms with E-state index in [9.17, 15) is 0 Å². The molecule has 0 radical (unpaired) electrons. The first-order valence-corrected chi connectivity index (χ1v) is 6.88. The zero-order chi connectivity index (χ0) is 12.5. The summed E-state index contributed by atoms with van der Waals surface area (Å²) < 4.78 is 0. The third-order valence-corrected chi connectivity index (χ3v) is 4.54. The Labute approximate surface area is 105 Å². The number of rotatable bonds is 2. The van der Waals surface area contributed by atoms with Crippen molar-refractivity contribution in [3.05, 3.63) is 0 Å². The van der Waals surface area contributed by atoms with Crippen molar-refractivity contribution in [2.75, 3.05) is 20.1 Å². The van der Waals surface area contributed by atoms with Crippen molar-refractivity contribution < 1.29 is 0 Å². The summed E-state index contributed by atoms with van der Waals surface area (Å²) in [4.78, 5) is 5.05. The van der Waals surface area contributed by atoms with Crippen molar-refractivity contribution in [2.24, 2.45) is 0 Å². The van der Waals surface area contributed by atoms with Gasteiger partial charge in [-0.25, -0.2) is 0 Å². The molecule has 17 heavy (non-hydrogen) atoms. The Morgan fingerprint density at radius 2 is 1.94 bits per heavy atom. The second-order valence-electron chi connectivity index (χ2n) is 6.33. The van der Waals surface area contributed by atoms with Crippen molar-refractivity contribution in [3.8, 4) is 6.07 Å². The lowest BCUT2D eigenvalue weighted by Gasteiger charge is -2.52. The van der Waals surface area contributed by atoms with E-state index in [1.54, 1.807) is 0 Å². The van der Waals surface area contributed by atoms with Gasteiger partial charge in [-0.1, -0.05) is 12.8 Å². The third-order valence-electron chi connectivity index (χ3n) is 4.54. The minimum Gasteiger partial charge on any atom is -0.299 e. The molecule has 0 bridgehead atoms. The highest BCUT2D eigenvalue weighted by Crippen LogP contribution is 2.33. The van der Waals surface area contributed by atoms with Crippen molar-refractivity contribution in [2.45, 2.75) is 63.6 Å². The molecular formula is C14H25N3. The summed E-state index contributed by atoms with van der Waals surface area (Å²) in [5.41, 5.74) is 0.260. The topological polar surface area (TPSA) is 30.3 Å². The lowest BCUT2D eigenvalue weighted by Crippen LogP contribution is -2.64. The fourth-order valence-electron chi connectivity index (χ4n) is 3.63. The number of hydrogen-bond donors (Lipinski definition) is 0. The monoisotopic (exact) mass is 235 g/mol. The van der Waals surface area contributed by atoms with Crippen LogP contribution in [0.25, 0.3) is 0 Å². The first-order valence-electron chi connectivity index (χ1n) is 6.88. The molecule has 0 aromatic carbocycles. The van der Waals surface area contributed by atoms with E-state index in [4.69, 9.17) is 5.26 Å². The zero-order valence-electron chi connectivity index (χ0n) is 11.4. The van der Waals surface area contributed by atoms with E-state index in [1.165, 1.54) is 25.7 Å². The van der Waals surface area contributed by atoms with Gasteiger partial charge in [-0.3, -0.25) is 9.80 Å². The molecule has 0 N–H and O–H groups in total. The average molecular weight is 235 g/mol. The predicted octanol–water partition coefficient (Wildman–Crippen LogP) is 2.24. The molecule has 1 aliphatic heterocycles. The van der Waals surface area contributed by atoms with Crippen LogP contribution in [0.4, 0.5) is 0 Å². The fraction of sp³-hybridized carbons (Fsp3) is 0.929. The number of hydrogen-bond acceptors (Lipinski definition) is 3. The molecule has 2 aliphatic rings. The van der Waals surface area contributed by atoms with Gasteiger partial charge in [0.2, 0.25) is 0 Å². The van der Waals surface area contributed by atoms with E-state index in [0.717, 1.165) is 19.1 Å². The second kappa shape index (κ2) is 4.96. The molecule has 96 valence electrons. The van der Waals surface area contributed by atoms with E-state index in [2.05, 4.69) is 36.8 Å². The number of piperazine rings is 1. The van der Waals surface area contributed by atoms with Gasteiger partial charge in [-0.2, -0.15) is 5.26 Å². The summed E-state index contributed by atoms with van der Waals surface area (Å²) in [7, 11) is 2.16. The quantitative estimate of drug-likeness (QED) is 0.735. The molecule has 0 spiro atoms. The summed E-state index contributed by atoms with van der Waals surface area (Å²) in [5.74, 6) is 0. The standard InChI is InChI=1S/C14H25N3/c1-14(2)11-16(3)13(8-9-15)10-17(14)12-6-4-5-7-12/h12-13H,4-8,10-11H2,1-3H3. The maximum absolute atomic E-state index is 8.92. The molecule has 2 fully saturated rings. The Morgan fingerprint density at radius 1 is 1.29 bits per heavy atom. The van der Waals surface area contributed by atoms with Crippen molar-refractivity contribution >= 4 is 0 Å². The van der Waals surface area contributed by atoms with Gasteiger partial charge in [0.15, 0.2) is 0 Å². The van der Waals surface area contributed by atoms with Crippen LogP contribution in [-0.4, -0.2) is 47.6 Å². The van der Waals surface area contributed by atoms with E-state index in [-0.39, 0.29) is 5.54 Å². The summed E-state index contributed by atoms with van der Waals surface area (Å²) in [6, 6.07) is 3.53. The van der Waals surface area contributed by atoms with Crippen LogP contribution in [0, 0.1) is 11.3 Å². The first-order chi connectivity index (χ1) is 8.04. The van der Waals surface area contributed by atoms with E-state index in [0.29, 0.717) is 12.5 Å². The maximum atomic E-state index is 8.92. The third kappa shape index (κ3) is 2.64. The number of likely N-dealkylation sites (N-methyl/N-ethyl adjacent to an activating group) is 1. The fourth-order valence-corrected chi connectivity index (χ4v) is 3.63. The Bertz CT molecular complexity index is 299. The highest BCUT2D eigenvalue weighted by Gasteiger charge is 2.41. The predicted molar refractivity (Wildman–Crippen MR) is 69.7 cm³/mol. The van der Waals surface area contributed by atoms with Crippen molar-refractivity contribution in [1.82, 2.24) is 9.80 Å². The van der Waals surface area contributed by atoms with E-state index < -0.39 is 0 Å². The van der Waals surface area contributed by atoms with Crippen LogP contribution >= 0.6 is 0 Å². The van der Waals surface area contributed by atoms with Gasteiger partial charge in [-0.05, 0) is 33.7 Å². The highest BCUT2D eigenvalue weighted by atomic mass is 15.3. The van der Waals surface area contributed by atoms with Crippen molar-refractivity contribution in [1.29, 1.82) is 5.26 Å². The lowest BCUT2D eigenvalue weighted by atomic mass is 9.92. The first kappa shape index (κ1) is 12.9. The molecule has 1 heterocycles. The molecule has 3 heteroatoms. The minimum absolute atomic E-state index is 0.260. The number of nitriles is 1. The Morgan fingerprint density at radius 3 is 2.53 bits per heavy atom. The van der Waals surface area contributed by atoms with Crippen LogP contribution < -0.4 is 0 Å². The van der Waals surface area contributed by atoms with Crippen LogP contribution in [0.1, 0.15) is 46.0 Å². The molecule has 1 atom stereocenters. The normalized spacial score (nSPS) is 31.5. The van der Waals surface area contributed by atoms with Gasteiger partial charge < -0.3 is 0 Å². The average Bonchev–Trinajstić information content (AvgIpc) is 2.74. The summed E-state index contributed by atoms with van der Waals surface area (Å²) in [5, 5.41) is 8.92. The molecule has 1 aliphatic carbocycles. The zero-order valence-corrected chi connectivity index (χ0v) is 11.4. The van der Waals surface area contributed by atoms with Crippen LogP contribution in [0.3, 0.4) is 0 Å². The van der Waals surface area contributed by atoms with Crippen molar-refractivity contribution in [3.63, 3.8) is 0 Å². The molecule has 1 saturated carbocycles. The lowest BCUT2D eigenvalue weighted by molar-refractivity contribution is -0.0299. The van der Waals surface area contributed by atoms with Crippen LogP contribution in [0.5, 0.6) is 0 Å². The summed E-state index contributed by atoms with van der Waals surface area (Å²) >= 11 is 0. The number of nitrogens with zero attached hydrogens (tertiary/aromatic N) is 3. The molecule has 1 saturated heterocycles. The van der Waals surface area contributed by atoms with Gasteiger partial charge in [0.1, 0.15) is 0 Å². The van der Waals surface area contributed by atoms with Gasteiger partial charge in [-0.15, -0.1) is 0 Å². The van der Waals surface area contributed by atoms with Gasteiger partial charge >= 0.3 is 0 Å². The SMILES string of the molecule is CN1CC(C)(C)N(C2CCCC2)CC1CC#N. The summed E-state index contributed by atoms with van der Waals surface area (Å²) in [6.45, 7) is 6.85. The largest absolute Gasteiger partial charge is 0.299 e. The minimum atomic E-state index is 0.260. The molecular weight excluding hydrogens is 210 g/mol. The van der Waals surface area contributed by atoms with Gasteiger partial charge in [0.05, 0.1) is 12.5 Å². The Hall–Kier alpha value is -0.590. The summed E-state index contributed by atoms with van der Waals surface area (Å²) in [6.07, 6.45) is 6.14. The molecule has 2 rings (SSSR count). The van der Waals surface area contributed by atoms with Gasteiger partial charge in [0, 0.05) is 30.7 Å². The molecule has 0 aromatic heterocycles. The second-order valence-corrected chi connectivity index (χ2v) is 6.33. The molecule has 1 unspecified atom stereocenters.